The molecule has 0 spiro atoms. The van der Waals surface area contributed by atoms with Crippen LogP contribution in [0.2, 0.25) is 0 Å². The van der Waals surface area contributed by atoms with E-state index < -0.39 is 5.67 Å². The summed E-state index contributed by atoms with van der Waals surface area (Å²) in [6, 6.07) is 6.92. The molecule has 0 radical (unpaired) electrons. The molecule has 0 amide bonds. The van der Waals surface area contributed by atoms with E-state index >= 15 is 0 Å². The second kappa shape index (κ2) is 4.42. The van der Waals surface area contributed by atoms with Gasteiger partial charge < -0.3 is 10.5 Å². The van der Waals surface area contributed by atoms with Crippen molar-refractivity contribution in [1.82, 2.24) is 0 Å². The zero-order valence-corrected chi connectivity index (χ0v) is 8.59. The van der Waals surface area contributed by atoms with Gasteiger partial charge in [0.15, 0.2) is 0 Å². The molecule has 0 fully saturated rings. The van der Waals surface area contributed by atoms with Crippen molar-refractivity contribution >= 4 is 0 Å². The summed E-state index contributed by atoms with van der Waals surface area (Å²) in [6.07, 6.45) is 0. The van der Waals surface area contributed by atoms with Crippen LogP contribution in [0.25, 0.3) is 0 Å². The third-order valence-corrected chi connectivity index (χ3v) is 2.15. The van der Waals surface area contributed by atoms with Crippen LogP contribution in [0.4, 0.5) is 4.39 Å². The summed E-state index contributed by atoms with van der Waals surface area (Å²) in [5, 5.41) is 0. The lowest BCUT2D eigenvalue weighted by Crippen LogP contribution is -2.26. The van der Waals surface area contributed by atoms with E-state index in [9.17, 15) is 4.39 Å². The molecule has 1 unspecified atom stereocenters. The molecule has 0 aromatic heterocycles. The summed E-state index contributed by atoms with van der Waals surface area (Å²) in [5.74, 6) is 0.754. The van der Waals surface area contributed by atoms with E-state index in [-0.39, 0.29) is 6.54 Å². The van der Waals surface area contributed by atoms with Gasteiger partial charge >= 0.3 is 0 Å². The number of alkyl halides is 1. The number of benzene rings is 1. The van der Waals surface area contributed by atoms with Crippen LogP contribution in [-0.4, -0.2) is 13.2 Å². The van der Waals surface area contributed by atoms with Gasteiger partial charge in [-0.3, -0.25) is 0 Å². The fraction of sp³-hybridized carbons (Fsp3) is 0.455. The Morgan fingerprint density at radius 1 is 1.36 bits per heavy atom. The van der Waals surface area contributed by atoms with E-state index in [1.165, 1.54) is 6.92 Å². The number of hydrogen-bond donors (Lipinski definition) is 1. The highest BCUT2D eigenvalue weighted by Gasteiger charge is 2.23. The second-order valence-electron chi connectivity index (χ2n) is 3.36. The van der Waals surface area contributed by atoms with Crippen molar-refractivity contribution in [3.8, 4) is 5.75 Å². The molecule has 1 aromatic carbocycles. The van der Waals surface area contributed by atoms with Crippen LogP contribution in [0.3, 0.4) is 0 Å². The van der Waals surface area contributed by atoms with Crippen LogP contribution >= 0.6 is 0 Å². The van der Waals surface area contributed by atoms with Crippen LogP contribution in [0.15, 0.2) is 24.3 Å². The molecule has 0 aliphatic heterocycles. The summed E-state index contributed by atoms with van der Waals surface area (Å²) in [5.41, 5.74) is 4.46. The second-order valence-corrected chi connectivity index (χ2v) is 3.36. The molecule has 2 nitrogen and oxygen atoms in total. The van der Waals surface area contributed by atoms with Gasteiger partial charge in [-0.05, 0) is 31.5 Å². The molecule has 1 aromatic rings. The number of nitrogens with two attached hydrogens (primary N) is 1. The lowest BCUT2D eigenvalue weighted by molar-refractivity contribution is 0.203. The highest BCUT2D eigenvalue weighted by atomic mass is 19.1. The molecule has 0 bridgehead atoms. The summed E-state index contributed by atoms with van der Waals surface area (Å²) < 4.78 is 19.0. The molecule has 2 N–H and O–H groups in total. The van der Waals surface area contributed by atoms with Crippen LogP contribution in [0, 0.1) is 0 Å². The molecular weight excluding hydrogens is 181 g/mol. The minimum absolute atomic E-state index is 0.0129. The van der Waals surface area contributed by atoms with Gasteiger partial charge in [-0.15, -0.1) is 0 Å². The van der Waals surface area contributed by atoms with Crippen molar-refractivity contribution in [1.29, 1.82) is 0 Å². The van der Waals surface area contributed by atoms with Crippen molar-refractivity contribution < 1.29 is 9.13 Å². The fourth-order valence-corrected chi connectivity index (χ4v) is 1.18. The van der Waals surface area contributed by atoms with Crippen LogP contribution in [0.1, 0.15) is 19.4 Å². The molecule has 1 rings (SSSR count). The first-order chi connectivity index (χ1) is 6.60. The monoisotopic (exact) mass is 197 g/mol. The summed E-state index contributed by atoms with van der Waals surface area (Å²) in [7, 11) is 0. The molecule has 0 saturated heterocycles. The predicted octanol–water partition coefficient (Wildman–Crippen LogP) is 2.23. The van der Waals surface area contributed by atoms with Gasteiger partial charge in [-0.2, -0.15) is 0 Å². The van der Waals surface area contributed by atoms with Gasteiger partial charge in [0.25, 0.3) is 0 Å². The highest BCUT2D eigenvalue weighted by Crippen LogP contribution is 2.25. The van der Waals surface area contributed by atoms with E-state index in [0.717, 1.165) is 5.75 Å². The standard InChI is InChI=1S/C11H16FNO/c1-3-14-10-6-4-9(5-7-10)11(2,12)8-13/h4-7H,3,8,13H2,1-2H3. The lowest BCUT2D eigenvalue weighted by atomic mass is 9.98. The maximum atomic E-state index is 13.7. The van der Waals surface area contributed by atoms with E-state index in [1.54, 1.807) is 24.3 Å². The van der Waals surface area contributed by atoms with Gasteiger partial charge in [-0.1, -0.05) is 12.1 Å². The largest absolute Gasteiger partial charge is 0.494 e. The normalized spacial score (nSPS) is 14.9. The summed E-state index contributed by atoms with van der Waals surface area (Å²) in [6.45, 7) is 3.99. The number of ether oxygens (including phenoxy) is 1. The van der Waals surface area contributed by atoms with E-state index in [0.29, 0.717) is 12.2 Å². The van der Waals surface area contributed by atoms with Gasteiger partial charge in [0, 0.05) is 6.54 Å². The zero-order valence-electron chi connectivity index (χ0n) is 8.59. The Labute approximate surface area is 83.9 Å². The Kier molecular flexibility index (Phi) is 3.47. The molecular formula is C11H16FNO. The van der Waals surface area contributed by atoms with Crippen molar-refractivity contribution in [2.24, 2.45) is 5.73 Å². The van der Waals surface area contributed by atoms with Gasteiger partial charge in [0.05, 0.1) is 6.61 Å². The lowest BCUT2D eigenvalue weighted by Gasteiger charge is -2.18. The Morgan fingerprint density at radius 3 is 2.36 bits per heavy atom. The van der Waals surface area contributed by atoms with Crippen molar-refractivity contribution in [3.63, 3.8) is 0 Å². The fourth-order valence-electron chi connectivity index (χ4n) is 1.18. The van der Waals surface area contributed by atoms with Crippen LogP contribution < -0.4 is 10.5 Å². The first kappa shape index (κ1) is 11.0. The molecule has 78 valence electrons. The average molecular weight is 197 g/mol. The molecule has 14 heavy (non-hydrogen) atoms. The highest BCUT2D eigenvalue weighted by molar-refractivity contribution is 5.30. The van der Waals surface area contributed by atoms with E-state index in [1.807, 2.05) is 6.92 Å². The first-order valence-corrected chi connectivity index (χ1v) is 4.72. The Bertz CT molecular complexity index is 282. The molecule has 3 heteroatoms. The zero-order chi connectivity index (χ0) is 10.6. The smallest absolute Gasteiger partial charge is 0.145 e. The van der Waals surface area contributed by atoms with E-state index in [2.05, 4.69) is 0 Å². The number of halogens is 1. The number of hydrogen-bond acceptors (Lipinski definition) is 2. The van der Waals surface area contributed by atoms with Crippen LogP contribution in [0.5, 0.6) is 5.75 Å². The van der Waals surface area contributed by atoms with Gasteiger partial charge in [0.2, 0.25) is 0 Å². The summed E-state index contributed by atoms with van der Waals surface area (Å²) in [4.78, 5) is 0. The maximum absolute atomic E-state index is 13.7. The molecule has 0 aliphatic carbocycles. The van der Waals surface area contributed by atoms with Crippen molar-refractivity contribution in [3.05, 3.63) is 29.8 Å². The molecule has 0 heterocycles. The first-order valence-electron chi connectivity index (χ1n) is 4.72. The van der Waals surface area contributed by atoms with Gasteiger partial charge in [0.1, 0.15) is 11.4 Å². The topological polar surface area (TPSA) is 35.2 Å². The van der Waals surface area contributed by atoms with Crippen molar-refractivity contribution in [2.75, 3.05) is 13.2 Å². The minimum atomic E-state index is -1.45. The maximum Gasteiger partial charge on any atom is 0.145 e. The predicted molar refractivity (Wildman–Crippen MR) is 55.1 cm³/mol. The molecule has 0 aliphatic rings. The molecule has 1 atom stereocenters. The quantitative estimate of drug-likeness (QED) is 0.803. The minimum Gasteiger partial charge on any atom is -0.494 e. The number of rotatable bonds is 4. The molecule has 0 saturated carbocycles. The summed E-state index contributed by atoms with van der Waals surface area (Å²) >= 11 is 0. The van der Waals surface area contributed by atoms with Crippen LogP contribution in [-0.2, 0) is 5.67 Å². The van der Waals surface area contributed by atoms with E-state index in [4.69, 9.17) is 10.5 Å². The average Bonchev–Trinajstić information content (AvgIpc) is 2.19. The third-order valence-electron chi connectivity index (χ3n) is 2.15. The Hall–Kier alpha value is -1.09. The third kappa shape index (κ3) is 2.45. The van der Waals surface area contributed by atoms with Gasteiger partial charge in [-0.25, -0.2) is 4.39 Å². The SMILES string of the molecule is CCOc1ccc(C(C)(F)CN)cc1. The van der Waals surface area contributed by atoms with Crippen molar-refractivity contribution in [2.45, 2.75) is 19.5 Å². The Morgan fingerprint density at radius 2 is 1.93 bits per heavy atom. The Balaban J connectivity index is 2.82.